The summed E-state index contributed by atoms with van der Waals surface area (Å²) in [6.07, 6.45) is 3.16. The average molecular weight is 182 g/mol. The maximum absolute atomic E-state index is 10.9. The molecular weight excluding hydrogens is 168 g/mol. The number of hydrogen-bond donors (Lipinski definition) is 0. The number of carbonyl (C=O) groups is 1. The van der Waals surface area contributed by atoms with E-state index in [4.69, 9.17) is 9.47 Å². The van der Waals surface area contributed by atoms with Crippen LogP contribution in [0.25, 0.3) is 0 Å². The molecule has 0 aliphatic rings. The fourth-order valence-electron chi connectivity index (χ4n) is 0.592. The van der Waals surface area contributed by atoms with Crippen LogP contribution in [0.2, 0.25) is 0 Å². The van der Waals surface area contributed by atoms with E-state index in [0.717, 1.165) is 0 Å². The molecule has 3 nitrogen and oxygen atoms in total. The van der Waals surface area contributed by atoms with Crippen molar-refractivity contribution in [3.8, 4) is 0 Å². The van der Waals surface area contributed by atoms with E-state index in [1.807, 2.05) is 0 Å². The summed E-state index contributed by atoms with van der Waals surface area (Å²) in [5.41, 5.74) is 0. The second-order valence-corrected chi connectivity index (χ2v) is 2.29. The minimum Gasteiger partial charge on any atom is -0.494 e. The van der Waals surface area contributed by atoms with E-state index in [1.54, 1.807) is 6.08 Å². The quantitative estimate of drug-likeness (QED) is 0.342. The van der Waals surface area contributed by atoms with Gasteiger partial charge in [-0.15, -0.1) is 0 Å². The second-order valence-electron chi connectivity index (χ2n) is 2.29. The van der Waals surface area contributed by atoms with E-state index in [0.29, 0.717) is 12.4 Å². The van der Waals surface area contributed by atoms with Crippen molar-refractivity contribution in [3.63, 3.8) is 0 Å². The van der Waals surface area contributed by atoms with Crippen molar-refractivity contribution in [3.05, 3.63) is 37.6 Å². The van der Waals surface area contributed by atoms with Gasteiger partial charge in [-0.05, 0) is 0 Å². The molecule has 0 amide bonds. The van der Waals surface area contributed by atoms with Crippen LogP contribution >= 0.6 is 0 Å². The summed E-state index contributed by atoms with van der Waals surface area (Å²) in [6.45, 7) is 11.0. The molecule has 72 valence electrons. The lowest BCUT2D eigenvalue weighted by Gasteiger charge is -2.05. The maximum atomic E-state index is 10.9. The zero-order valence-corrected chi connectivity index (χ0v) is 7.62. The van der Waals surface area contributed by atoms with Gasteiger partial charge < -0.3 is 9.47 Å². The molecule has 0 aromatic carbocycles. The lowest BCUT2D eigenvalue weighted by molar-refractivity contribution is -0.142. The minimum absolute atomic E-state index is 0.0711. The molecule has 0 fully saturated rings. The van der Waals surface area contributed by atoms with Gasteiger partial charge in [0.2, 0.25) is 0 Å². The van der Waals surface area contributed by atoms with Crippen molar-refractivity contribution in [2.75, 3.05) is 13.2 Å². The molecule has 0 rings (SSSR count). The van der Waals surface area contributed by atoms with Crippen LogP contribution in [0.1, 0.15) is 6.42 Å². The summed E-state index contributed by atoms with van der Waals surface area (Å²) in [7, 11) is 0. The molecule has 0 saturated heterocycles. The highest BCUT2D eigenvalue weighted by atomic mass is 16.5. The normalized spacial score (nSPS) is 8.62. The fraction of sp³-hybridized carbons (Fsp3) is 0.300. The number of rotatable bonds is 7. The van der Waals surface area contributed by atoms with E-state index < -0.39 is 0 Å². The van der Waals surface area contributed by atoms with Crippen molar-refractivity contribution in [2.45, 2.75) is 6.42 Å². The van der Waals surface area contributed by atoms with Crippen LogP contribution in [0, 0.1) is 0 Å². The third kappa shape index (κ3) is 6.87. The van der Waals surface area contributed by atoms with Gasteiger partial charge in [-0.1, -0.05) is 31.9 Å². The number of ether oxygens (including phenoxy) is 2. The summed E-state index contributed by atoms with van der Waals surface area (Å²) in [5.74, 6) is 0.0166. The molecule has 3 heteroatoms. The van der Waals surface area contributed by atoms with Gasteiger partial charge in [0.1, 0.15) is 25.4 Å². The standard InChI is InChI=1S/C10H14O3/c1-4-6-12-9(3)8-10(11)13-7-5-2/h4-5H,1-3,6-8H2. The minimum atomic E-state index is -0.367. The Labute approximate surface area is 78.3 Å². The highest BCUT2D eigenvalue weighted by Crippen LogP contribution is 2.01. The first-order valence-corrected chi connectivity index (χ1v) is 3.88. The van der Waals surface area contributed by atoms with Gasteiger partial charge in [0.15, 0.2) is 0 Å². The molecule has 0 bridgehead atoms. The molecular formula is C10H14O3. The first kappa shape index (κ1) is 11.5. The Bertz CT molecular complexity index is 184. The summed E-state index contributed by atoms with van der Waals surface area (Å²) in [5, 5.41) is 0. The molecule has 13 heavy (non-hydrogen) atoms. The first-order chi connectivity index (χ1) is 6.20. The highest BCUT2D eigenvalue weighted by Gasteiger charge is 2.04. The van der Waals surface area contributed by atoms with Gasteiger partial charge >= 0.3 is 5.97 Å². The Morgan fingerprint density at radius 3 is 2.23 bits per heavy atom. The first-order valence-electron chi connectivity index (χ1n) is 3.88. The molecule has 0 N–H and O–H groups in total. The number of carbonyl (C=O) groups excluding carboxylic acids is 1. The Balaban J connectivity index is 3.58. The van der Waals surface area contributed by atoms with Crippen molar-refractivity contribution in [2.24, 2.45) is 0 Å². The van der Waals surface area contributed by atoms with E-state index in [2.05, 4.69) is 19.7 Å². The van der Waals surface area contributed by atoms with Gasteiger partial charge in [0.25, 0.3) is 0 Å². The molecule has 0 heterocycles. The van der Waals surface area contributed by atoms with Crippen molar-refractivity contribution >= 4 is 5.97 Å². The molecule has 0 aliphatic heterocycles. The van der Waals surface area contributed by atoms with Crippen LogP contribution in [-0.4, -0.2) is 19.2 Å². The molecule has 0 atom stereocenters. The summed E-state index contributed by atoms with van der Waals surface area (Å²) in [4.78, 5) is 10.9. The Kier molecular flexibility index (Phi) is 6.32. The topological polar surface area (TPSA) is 35.5 Å². The van der Waals surface area contributed by atoms with Crippen LogP contribution in [-0.2, 0) is 14.3 Å². The molecule has 0 aromatic heterocycles. The van der Waals surface area contributed by atoms with Crippen LogP contribution < -0.4 is 0 Å². The number of esters is 1. The largest absolute Gasteiger partial charge is 0.494 e. The second kappa shape index (κ2) is 7.16. The highest BCUT2D eigenvalue weighted by molar-refractivity contribution is 5.71. The lowest BCUT2D eigenvalue weighted by atomic mass is 10.4. The van der Waals surface area contributed by atoms with E-state index in [9.17, 15) is 4.79 Å². The van der Waals surface area contributed by atoms with E-state index in [-0.39, 0.29) is 19.0 Å². The van der Waals surface area contributed by atoms with Crippen molar-refractivity contribution < 1.29 is 14.3 Å². The molecule has 0 saturated carbocycles. The summed E-state index contributed by atoms with van der Waals surface area (Å²) < 4.78 is 9.72. The third-order valence-corrected chi connectivity index (χ3v) is 1.11. The molecule has 0 aliphatic carbocycles. The van der Waals surface area contributed by atoms with Gasteiger partial charge in [-0.3, -0.25) is 4.79 Å². The predicted octanol–water partition coefficient (Wildman–Crippen LogP) is 1.82. The van der Waals surface area contributed by atoms with Crippen LogP contribution in [0.5, 0.6) is 0 Å². The zero-order valence-electron chi connectivity index (χ0n) is 7.62. The van der Waals surface area contributed by atoms with Gasteiger partial charge in [0.05, 0.1) is 0 Å². The Hall–Kier alpha value is -1.51. The predicted molar refractivity (Wildman–Crippen MR) is 51.1 cm³/mol. The van der Waals surface area contributed by atoms with Gasteiger partial charge in [-0.2, -0.15) is 0 Å². The van der Waals surface area contributed by atoms with Gasteiger partial charge in [-0.25, -0.2) is 0 Å². The van der Waals surface area contributed by atoms with Crippen LogP contribution in [0.3, 0.4) is 0 Å². The maximum Gasteiger partial charge on any atom is 0.313 e. The van der Waals surface area contributed by atoms with E-state index >= 15 is 0 Å². The zero-order chi connectivity index (χ0) is 10.1. The monoisotopic (exact) mass is 182 g/mol. The molecule has 0 radical (unpaired) electrons. The lowest BCUT2D eigenvalue weighted by Crippen LogP contribution is -2.06. The molecule has 0 spiro atoms. The van der Waals surface area contributed by atoms with Crippen LogP contribution in [0.4, 0.5) is 0 Å². The average Bonchev–Trinajstić information content (AvgIpc) is 2.11. The van der Waals surface area contributed by atoms with Crippen LogP contribution in [0.15, 0.2) is 37.6 Å². The smallest absolute Gasteiger partial charge is 0.313 e. The summed E-state index contributed by atoms with van der Waals surface area (Å²) >= 11 is 0. The van der Waals surface area contributed by atoms with Crippen molar-refractivity contribution in [1.82, 2.24) is 0 Å². The van der Waals surface area contributed by atoms with Crippen molar-refractivity contribution in [1.29, 1.82) is 0 Å². The SMILES string of the molecule is C=CCOC(=C)CC(=O)OCC=C. The summed E-state index contributed by atoms with van der Waals surface area (Å²) in [6, 6.07) is 0. The third-order valence-electron chi connectivity index (χ3n) is 1.11. The molecule has 0 aromatic rings. The van der Waals surface area contributed by atoms with E-state index in [1.165, 1.54) is 6.08 Å². The molecule has 0 unspecified atom stereocenters. The fourth-order valence-corrected chi connectivity index (χ4v) is 0.592. The van der Waals surface area contributed by atoms with Gasteiger partial charge in [0, 0.05) is 0 Å². The number of hydrogen-bond acceptors (Lipinski definition) is 3. The Morgan fingerprint density at radius 1 is 1.15 bits per heavy atom. The Morgan fingerprint density at radius 2 is 1.69 bits per heavy atom.